The molecule has 2 N–H and O–H groups in total. The zero-order valence-corrected chi connectivity index (χ0v) is 11.0. The molecule has 0 heterocycles. The zero-order valence-electron chi connectivity index (χ0n) is 11.0. The van der Waals surface area contributed by atoms with Crippen molar-refractivity contribution in [1.29, 1.82) is 0 Å². The largest absolute Gasteiger partial charge is 0.330 e. The minimum absolute atomic E-state index is 0.00572. The Kier molecular flexibility index (Phi) is 6.97. The number of Topliss-reactive ketones (excluding diaryl/α,β-unsaturated/α-hetero) is 2. The van der Waals surface area contributed by atoms with Gasteiger partial charge in [0.25, 0.3) is 0 Å². The van der Waals surface area contributed by atoms with Crippen LogP contribution < -0.4 is 5.73 Å². The summed E-state index contributed by atoms with van der Waals surface area (Å²) in [6.45, 7) is 0.575. The molecule has 0 fully saturated rings. The van der Waals surface area contributed by atoms with Gasteiger partial charge in [-0.1, -0.05) is 12.1 Å². The fourth-order valence-electron chi connectivity index (χ4n) is 1.80. The first-order chi connectivity index (χ1) is 9.11. The fourth-order valence-corrected chi connectivity index (χ4v) is 1.80. The highest BCUT2D eigenvalue weighted by atomic mass is 19.1. The molecule has 1 rings (SSSR count). The molecule has 3 nitrogen and oxygen atoms in total. The van der Waals surface area contributed by atoms with Crippen molar-refractivity contribution >= 4 is 11.6 Å². The van der Waals surface area contributed by atoms with Gasteiger partial charge in [0.2, 0.25) is 0 Å². The van der Waals surface area contributed by atoms with Gasteiger partial charge in [0.1, 0.15) is 17.4 Å². The molecule has 0 aliphatic carbocycles. The van der Waals surface area contributed by atoms with Crippen LogP contribution in [0.25, 0.3) is 0 Å². The van der Waals surface area contributed by atoms with Crippen LogP contribution in [0.15, 0.2) is 24.3 Å². The third-order valence-corrected chi connectivity index (χ3v) is 2.91. The summed E-state index contributed by atoms with van der Waals surface area (Å²) in [6, 6.07) is 6.06. The second kappa shape index (κ2) is 8.53. The maximum absolute atomic E-state index is 12.7. The fraction of sp³-hybridized carbons (Fsp3) is 0.467. The van der Waals surface area contributed by atoms with E-state index in [1.54, 1.807) is 12.1 Å². The number of rotatable bonds is 9. The van der Waals surface area contributed by atoms with Crippen LogP contribution in [0.5, 0.6) is 0 Å². The molecule has 0 aliphatic rings. The molecule has 0 amide bonds. The zero-order chi connectivity index (χ0) is 14.1. The van der Waals surface area contributed by atoms with E-state index in [0.29, 0.717) is 25.8 Å². The number of carbonyl (C=O) groups is 2. The summed E-state index contributed by atoms with van der Waals surface area (Å²) >= 11 is 0. The molecule has 104 valence electrons. The predicted octanol–water partition coefficient (Wildman–Crippen LogP) is 2.42. The van der Waals surface area contributed by atoms with Gasteiger partial charge in [-0.2, -0.15) is 0 Å². The van der Waals surface area contributed by atoms with Crippen molar-refractivity contribution in [3.8, 4) is 0 Å². The quantitative estimate of drug-likeness (QED) is 0.551. The minimum Gasteiger partial charge on any atom is -0.330 e. The molecular weight excluding hydrogens is 245 g/mol. The van der Waals surface area contributed by atoms with Crippen molar-refractivity contribution in [1.82, 2.24) is 0 Å². The number of carbonyl (C=O) groups excluding carboxylic acids is 2. The molecule has 0 atom stereocenters. The number of halogens is 1. The van der Waals surface area contributed by atoms with Crippen LogP contribution in [0.3, 0.4) is 0 Å². The SMILES string of the molecule is NCCCCC(=O)CC(=O)CCc1ccc(F)cc1. The van der Waals surface area contributed by atoms with Gasteiger partial charge in [0, 0.05) is 12.8 Å². The van der Waals surface area contributed by atoms with Gasteiger partial charge < -0.3 is 5.73 Å². The average molecular weight is 265 g/mol. The van der Waals surface area contributed by atoms with Gasteiger partial charge in [-0.15, -0.1) is 0 Å². The lowest BCUT2D eigenvalue weighted by atomic mass is 10.0. The molecule has 1 aromatic rings. The molecular formula is C15H20FNO2. The number of aryl methyl sites for hydroxylation is 1. The summed E-state index contributed by atoms with van der Waals surface area (Å²) in [5.74, 6) is -0.357. The molecule has 0 saturated heterocycles. The van der Waals surface area contributed by atoms with Gasteiger partial charge in [0.05, 0.1) is 6.42 Å². The molecule has 1 aromatic carbocycles. The predicted molar refractivity (Wildman–Crippen MR) is 72.3 cm³/mol. The number of nitrogens with two attached hydrogens (primary N) is 1. The van der Waals surface area contributed by atoms with Crippen LogP contribution in [-0.4, -0.2) is 18.1 Å². The lowest BCUT2D eigenvalue weighted by molar-refractivity contribution is -0.127. The van der Waals surface area contributed by atoms with E-state index < -0.39 is 0 Å². The lowest BCUT2D eigenvalue weighted by Gasteiger charge is -2.02. The van der Waals surface area contributed by atoms with Gasteiger partial charge in [-0.3, -0.25) is 9.59 Å². The highest BCUT2D eigenvalue weighted by Crippen LogP contribution is 2.07. The van der Waals surface area contributed by atoms with E-state index in [0.717, 1.165) is 18.4 Å². The van der Waals surface area contributed by atoms with Crippen molar-refractivity contribution in [2.24, 2.45) is 5.73 Å². The molecule has 19 heavy (non-hydrogen) atoms. The Morgan fingerprint density at radius 1 is 1.00 bits per heavy atom. The van der Waals surface area contributed by atoms with E-state index in [1.807, 2.05) is 0 Å². The summed E-state index contributed by atoms with van der Waals surface area (Å²) in [4.78, 5) is 23.1. The molecule has 0 unspecified atom stereocenters. The summed E-state index contributed by atoms with van der Waals surface area (Å²) < 4.78 is 12.7. The Morgan fingerprint density at radius 2 is 1.63 bits per heavy atom. The second-order valence-electron chi connectivity index (χ2n) is 4.63. The highest BCUT2D eigenvalue weighted by molar-refractivity contribution is 5.99. The van der Waals surface area contributed by atoms with E-state index >= 15 is 0 Å². The summed E-state index contributed by atoms with van der Waals surface area (Å²) in [6.07, 6.45) is 2.88. The maximum atomic E-state index is 12.7. The van der Waals surface area contributed by atoms with Crippen LogP contribution in [0, 0.1) is 5.82 Å². The van der Waals surface area contributed by atoms with E-state index in [-0.39, 0.29) is 23.8 Å². The Balaban J connectivity index is 2.24. The summed E-state index contributed by atoms with van der Waals surface area (Å²) in [5.41, 5.74) is 6.24. The summed E-state index contributed by atoms with van der Waals surface area (Å²) in [5, 5.41) is 0. The minimum atomic E-state index is -0.287. The van der Waals surface area contributed by atoms with Crippen LogP contribution >= 0.6 is 0 Å². The molecule has 0 aliphatic heterocycles. The topological polar surface area (TPSA) is 60.2 Å². The monoisotopic (exact) mass is 265 g/mol. The third-order valence-electron chi connectivity index (χ3n) is 2.91. The third kappa shape index (κ3) is 6.82. The van der Waals surface area contributed by atoms with Crippen molar-refractivity contribution in [2.75, 3.05) is 6.54 Å². The maximum Gasteiger partial charge on any atom is 0.140 e. The Morgan fingerprint density at radius 3 is 2.26 bits per heavy atom. The van der Waals surface area contributed by atoms with E-state index in [2.05, 4.69) is 0 Å². The van der Waals surface area contributed by atoms with Crippen molar-refractivity contribution in [3.05, 3.63) is 35.6 Å². The number of unbranched alkanes of at least 4 members (excludes halogenated alkanes) is 1. The van der Waals surface area contributed by atoms with Crippen LogP contribution in [-0.2, 0) is 16.0 Å². The van der Waals surface area contributed by atoms with Gasteiger partial charge in [-0.05, 0) is 43.5 Å². The first kappa shape index (κ1) is 15.5. The normalized spacial score (nSPS) is 10.4. The second-order valence-corrected chi connectivity index (χ2v) is 4.63. The number of ketones is 2. The molecule has 0 aromatic heterocycles. The lowest BCUT2D eigenvalue weighted by Crippen LogP contribution is -2.09. The Hall–Kier alpha value is -1.55. The standard InChI is InChI=1S/C15H20FNO2/c16-13-7-4-12(5-8-13)6-9-15(19)11-14(18)3-1-2-10-17/h4-5,7-8H,1-3,6,9-11,17H2. The Labute approximate surface area is 113 Å². The van der Waals surface area contributed by atoms with Gasteiger partial charge >= 0.3 is 0 Å². The van der Waals surface area contributed by atoms with Gasteiger partial charge in [-0.25, -0.2) is 4.39 Å². The Bertz CT molecular complexity index is 415. The molecule has 4 heteroatoms. The molecule has 0 spiro atoms. The van der Waals surface area contributed by atoms with Crippen LogP contribution in [0.1, 0.15) is 37.7 Å². The number of hydrogen-bond acceptors (Lipinski definition) is 3. The smallest absolute Gasteiger partial charge is 0.140 e. The van der Waals surface area contributed by atoms with Crippen LogP contribution in [0.2, 0.25) is 0 Å². The molecule has 0 saturated carbocycles. The van der Waals surface area contributed by atoms with E-state index in [4.69, 9.17) is 5.73 Å². The van der Waals surface area contributed by atoms with Crippen molar-refractivity contribution in [2.45, 2.75) is 38.5 Å². The first-order valence-corrected chi connectivity index (χ1v) is 6.59. The van der Waals surface area contributed by atoms with Crippen molar-refractivity contribution in [3.63, 3.8) is 0 Å². The first-order valence-electron chi connectivity index (χ1n) is 6.59. The average Bonchev–Trinajstić information content (AvgIpc) is 2.38. The number of benzene rings is 1. The van der Waals surface area contributed by atoms with Gasteiger partial charge in [0.15, 0.2) is 0 Å². The number of hydrogen-bond donors (Lipinski definition) is 1. The van der Waals surface area contributed by atoms with E-state index in [1.165, 1.54) is 12.1 Å². The van der Waals surface area contributed by atoms with E-state index in [9.17, 15) is 14.0 Å². The van der Waals surface area contributed by atoms with Crippen LogP contribution in [0.4, 0.5) is 4.39 Å². The highest BCUT2D eigenvalue weighted by Gasteiger charge is 2.09. The summed E-state index contributed by atoms with van der Waals surface area (Å²) in [7, 11) is 0. The molecule has 0 radical (unpaired) electrons. The molecule has 0 bridgehead atoms. The van der Waals surface area contributed by atoms with Crippen molar-refractivity contribution < 1.29 is 14.0 Å².